The van der Waals surface area contributed by atoms with Gasteiger partial charge in [0, 0.05) is 11.6 Å². The van der Waals surface area contributed by atoms with Gasteiger partial charge in [0.25, 0.3) is 5.91 Å². The Bertz CT molecular complexity index is 480. The quantitative estimate of drug-likeness (QED) is 0.637. The number of carbonyl (C=O) groups is 2. The fourth-order valence-corrected chi connectivity index (χ4v) is 1.57. The van der Waals surface area contributed by atoms with Crippen LogP contribution in [0.2, 0.25) is 0 Å². The van der Waals surface area contributed by atoms with E-state index in [0.29, 0.717) is 5.56 Å². The Labute approximate surface area is 119 Å². The normalized spacial score (nSPS) is 12.7. The molecule has 2 N–H and O–H groups in total. The van der Waals surface area contributed by atoms with E-state index in [1.165, 1.54) is 7.11 Å². The van der Waals surface area contributed by atoms with Gasteiger partial charge in [-0.3, -0.25) is 15.0 Å². The second-order valence-corrected chi connectivity index (χ2v) is 5.40. The summed E-state index contributed by atoms with van der Waals surface area (Å²) in [7, 11) is 1.35. The Kier molecular flexibility index (Phi) is 5.27. The predicted molar refractivity (Wildman–Crippen MR) is 77.0 cm³/mol. The highest BCUT2D eigenvalue weighted by Crippen LogP contribution is 2.21. The number of methoxy groups -OCH3 is 1. The lowest BCUT2D eigenvalue weighted by atomic mass is 9.86. The molecule has 0 aliphatic heterocycles. The highest BCUT2D eigenvalue weighted by atomic mass is 16.5. The molecule has 5 nitrogen and oxygen atoms in total. The van der Waals surface area contributed by atoms with Gasteiger partial charge in [-0.2, -0.15) is 0 Å². The number of hydrazine groups is 1. The molecule has 0 aliphatic carbocycles. The van der Waals surface area contributed by atoms with Crippen molar-refractivity contribution in [3.05, 3.63) is 35.4 Å². The highest BCUT2D eigenvalue weighted by Gasteiger charge is 2.35. The Morgan fingerprint density at radius 3 is 2.25 bits per heavy atom. The highest BCUT2D eigenvalue weighted by molar-refractivity contribution is 5.93. The molecule has 0 saturated heterocycles. The van der Waals surface area contributed by atoms with E-state index in [4.69, 9.17) is 4.74 Å². The van der Waals surface area contributed by atoms with Gasteiger partial charge in [0.1, 0.15) is 0 Å². The summed E-state index contributed by atoms with van der Waals surface area (Å²) in [4.78, 5) is 23.6. The van der Waals surface area contributed by atoms with Crippen LogP contribution in [0.3, 0.4) is 0 Å². The second kappa shape index (κ2) is 6.52. The molecule has 0 spiro atoms. The molecule has 0 fully saturated rings. The second-order valence-electron chi connectivity index (χ2n) is 5.40. The molecule has 0 aromatic heterocycles. The van der Waals surface area contributed by atoms with Crippen LogP contribution in [-0.2, 0) is 9.53 Å². The van der Waals surface area contributed by atoms with E-state index in [2.05, 4.69) is 10.9 Å². The molecule has 110 valence electrons. The summed E-state index contributed by atoms with van der Waals surface area (Å²) < 4.78 is 4.75. The molecule has 1 aromatic rings. The van der Waals surface area contributed by atoms with E-state index in [0.717, 1.165) is 5.56 Å². The Hall–Kier alpha value is -1.88. The Morgan fingerprint density at radius 2 is 1.75 bits per heavy atom. The number of nitrogens with one attached hydrogen (secondary N) is 2. The number of ether oxygens (including phenoxy) is 1. The first-order chi connectivity index (χ1) is 9.28. The molecular weight excluding hydrogens is 256 g/mol. The zero-order valence-electron chi connectivity index (χ0n) is 12.6. The van der Waals surface area contributed by atoms with Crippen molar-refractivity contribution in [3.63, 3.8) is 0 Å². The average Bonchev–Trinajstić information content (AvgIpc) is 2.43. The van der Waals surface area contributed by atoms with Crippen LogP contribution in [0.4, 0.5) is 0 Å². The summed E-state index contributed by atoms with van der Waals surface area (Å²) in [6.45, 7) is 7.29. The number of carbonyl (C=O) groups excluding carboxylic acids is 2. The van der Waals surface area contributed by atoms with Gasteiger partial charge in [0.2, 0.25) is 0 Å². The van der Waals surface area contributed by atoms with Gasteiger partial charge in [-0.25, -0.2) is 5.43 Å². The lowest BCUT2D eigenvalue weighted by molar-refractivity contribution is -0.152. The smallest absolute Gasteiger partial charge is 0.312 e. The zero-order valence-corrected chi connectivity index (χ0v) is 12.6. The minimum absolute atomic E-state index is 0.238. The predicted octanol–water partition coefficient (Wildman–Crippen LogP) is 1.82. The first-order valence-electron chi connectivity index (χ1n) is 6.50. The maximum Gasteiger partial charge on any atom is 0.312 e. The summed E-state index contributed by atoms with van der Waals surface area (Å²) in [5.41, 5.74) is 6.37. The third kappa shape index (κ3) is 3.81. The van der Waals surface area contributed by atoms with Gasteiger partial charge in [-0.05, 0) is 39.8 Å². The summed E-state index contributed by atoms with van der Waals surface area (Å²) >= 11 is 0. The SMILES string of the molecule is COC(=O)C(C)(C)C(C)NNC(=O)c1ccc(C)cc1. The van der Waals surface area contributed by atoms with Gasteiger partial charge >= 0.3 is 5.97 Å². The fourth-order valence-electron chi connectivity index (χ4n) is 1.57. The Balaban J connectivity index is 2.60. The molecule has 20 heavy (non-hydrogen) atoms. The average molecular weight is 278 g/mol. The number of aryl methyl sites for hydroxylation is 1. The van der Waals surface area contributed by atoms with E-state index in [1.807, 2.05) is 26.0 Å². The first kappa shape index (κ1) is 16.2. The van der Waals surface area contributed by atoms with E-state index < -0.39 is 5.41 Å². The molecular formula is C15H22N2O3. The van der Waals surface area contributed by atoms with E-state index in [-0.39, 0.29) is 17.9 Å². The first-order valence-corrected chi connectivity index (χ1v) is 6.50. The van der Waals surface area contributed by atoms with Crippen LogP contribution in [0, 0.1) is 12.3 Å². The minimum Gasteiger partial charge on any atom is -0.469 e. The molecule has 0 aliphatic rings. The van der Waals surface area contributed by atoms with Crippen LogP contribution < -0.4 is 10.9 Å². The third-order valence-electron chi connectivity index (χ3n) is 3.51. The molecule has 5 heteroatoms. The van der Waals surface area contributed by atoms with Gasteiger partial charge in [0.15, 0.2) is 0 Å². The third-order valence-corrected chi connectivity index (χ3v) is 3.51. The van der Waals surface area contributed by atoms with Crippen molar-refractivity contribution in [2.45, 2.75) is 33.7 Å². The van der Waals surface area contributed by atoms with Crippen molar-refractivity contribution in [3.8, 4) is 0 Å². The molecule has 1 rings (SSSR count). The van der Waals surface area contributed by atoms with Crippen molar-refractivity contribution in [2.24, 2.45) is 5.41 Å². The molecule has 0 saturated carbocycles. The summed E-state index contributed by atoms with van der Waals surface area (Å²) in [5, 5.41) is 0. The molecule has 1 unspecified atom stereocenters. The molecule has 0 heterocycles. The Morgan fingerprint density at radius 1 is 1.20 bits per heavy atom. The largest absolute Gasteiger partial charge is 0.469 e. The van der Waals surface area contributed by atoms with Crippen LogP contribution in [0.5, 0.6) is 0 Å². The van der Waals surface area contributed by atoms with E-state index in [1.54, 1.807) is 26.0 Å². The van der Waals surface area contributed by atoms with Crippen molar-refractivity contribution in [1.29, 1.82) is 0 Å². The maximum atomic E-state index is 11.9. The molecule has 1 amide bonds. The van der Waals surface area contributed by atoms with Gasteiger partial charge in [-0.1, -0.05) is 17.7 Å². The van der Waals surface area contributed by atoms with Crippen LogP contribution in [0.15, 0.2) is 24.3 Å². The van der Waals surface area contributed by atoms with Crippen molar-refractivity contribution in [1.82, 2.24) is 10.9 Å². The number of amides is 1. The van der Waals surface area contributed by atoms with Gasteiger partial charge in [-0.15, -0.1) is 0 Å². The van der Waals surface area contributed by atoms with Crippen LogP contribution in [0.25, 0.3) is 0 Å². The van der Waals surface area contributed by atoms with Crippen molar-refractivity contribution in [2.75, 3.05) is 7.11 Å². The zero-order chi connectivity index (χ0) is 15.3. The topological polar surface area (TPSA) is 67.4 Å². The number of benzene rings is 1. The molecule has 1 aromatic carbocycles. The number of rotatable bonds is 5. The number of esters is 1. The molecule has 0 bridgehead atoms. The lowest BCUT2D eigenvalue weighted by Crippen LogP contribution is -2.52. The van der Waals surface area contributed by atoms with Crippen LogP contribution in [0.1, 0.15) is 36.7 Å². The minimum atomic E-state index is -0.741. The standard InChI is InChI=1S/C15H22N2O3/c1-10-6-8-12(9-7-10)13(18)17-16-11(2)15(3,4)14(19)20-5/h6-9,11,16H,1-5H3,(H,17,18). The van der Waals surface area contributed by atoms with Gasteiger partial charge < -0.3 is 4.74 Å². The van der Waals surface area contributed by atoms with E-state index in [9.17, 15) is 9.59 Å². The molecule has 1 atom stereocenters. The van der Waals surface area contributed by atoms with Crippen LogP contribution in [-0.4, -0.2) is 25.0 Å². The number of hydrogen-bond donors (Lipinski definition) is 2. The van der Waals surface area contributed by atoms with Crippen molar-refractivity contribution >= 4 is 11.9 Å². The summed E-state index contributed by atoms with van der Waals surface area (Å²) in [6.07, 6.45) is 0. The van der Waals surface area contributed by atoms with Gasteiger partial charge in [0.05, 0.1) is 12.5 Å². The van der Waals surface area contributed by atoms with Crippen molar-refractivity contribution < 1.29 is 14.3 Å². The monoisotopic (exact) mass is 278 g/mol. The van der Waals surface area contributed by atoms with E-state index >= 15 is 0 Å². The molecule has 0 radical (unpaired) electrons. The number of hydrogen-bond acceptors (Lipinski definition) is 4. The summed E-state index contributed by atoms with van der Waals surface area (Å²) in [5.74, 6) is -0.570. The summed E-state index contributed by atoms with van der Waals surface area (Å²) in [6, 6.07) is 6.97. The lowest BCUT2D eigenvalue weighted by Gasteiger charge is -2.29. The maximum absolute atomic E-state index is 11.9. The van der Waals surface area contributed by atoms with Crippen LogP contribution >= 0.6 is 0 Å². The fraction of sp³-hybridized carbons (Fsp3) is 0.467.